The molecule has 78 valence electrons. The van der Waals surface area contributed by atoms with Crippen molar-refractivity contribution in [2.24, 2.45) is 0 Å². The van der Waals surface area contributed by atoms with Crippen LogP contribution in [0.25, 0.3) is 10.9 Å². The van der Waals surface area contributed by atoms with Crippen LogP contribution in [-0.2, 0) is 6.42 Å². The van der Waals surface area contributed by atoms with Crippen molar-refractivity contribution in [2.45, 2.75) is 19.8 Å². The second-order valence-corrected chi connectivity index (χ2v) is 3.92. The Morgan fingerprint density at radius 3 is 2.80 bits per heavy atom. The number of aromatic amines is 1. The lowest BCUT2D eigenvalue weighted by molar-refractivity contribution is 0.910. The van der Waals surface area contributed by atoms with Gasteiger partial charge >= 0.3 is 0 Å². The quantitative estimate of drug-likeness (QED) is 0.777. The molecule has 0 fully saturated rings. The third-order valence-corrected chi connectivity index (χ3v) is 2.78. The fourth-order valence-electron chi connectivity index (χ4n) is 1.72. The molecule has 1 N–H and O–H groups in total. The van der Waals surface area contributed by atoms with Crippen molar-refractivity contribution in [3.8, 4) is 0 Å². The molecule has 0 atom stereocenters. The van der Waals surface area contributed by atoms with Gasteiger partial charge < -0.3 is 4.98 Å². The lowest BCUT2D eigenvalue weighted by Gasteiger charge is -2.04. The number of pyridine rings is 1. The van der Waals surface area contributed by atoms with E-state index in [1.807, 2.05) is 31.2 Å². The van der Waals surface area contributed by atoms with Crippen molar-refractivity contribution in [3.05, 3.63) is 45.2 Å². The van der Waals surface area contributed by atoms with Crippen LogP contribution in [0, 0.1) is 0 Å². The largest absolute Gasteiger partial charge is 0.345 e. The van der Waals surface area contributed by atoms with Crippen LogP contribution in [0.5, 0.6) is 0 Å². The van der Waals surface area contributed by atoms with Crippen LogP contribution in [0.3, 0.4) is 0 Å². The summed E-state index contributed by atoms with van der Waals surface area (Å²) in [4.78, 5) is 15.1. The second-order valence-electron chi connectivity index (χ2n) is 3.54. The molecule has 0 radical (unpaired) electrons. The van der Waals surface area contributed by atoms with Gasteiger partial charge in [-0.15, -0.1) is 0 Å². The number of hydrogen-bond acceptors (Lipinski definition) is 1. The highest BCUT2D eigenvalue weighted by Crippen LogP contribution is 2.16. The molecule has 2 aromatic rings. The average molecular weight is 222 g/mol. The van der Waals surface area contributed by atoms with Crippen LogP contribution in [0.15, 0.2) is 29.1 Å². The van der Waals surface area contributed by atoms with Gasteiger partial charge in [0.2, 0.25) is 0 Å². The first kappa shape index (κ1) is 10.2. The molecule has 0 spiro atoms. The molecule has 0 amide bonds. The van der Waals surface area contributed by atoms with Gasteiger partial charge in [-0.1, -0.05) is 37.1 Å². The number of H-pyrrole nitrogens is 1. The normalized spacial score (nSPS) is 10.8. The first-order chi connectivity index (χ1) is 7.24. The van der Waals surface area contributed by atoms with E-state index in [2.05, 4.69) is 4.98 Å². The highest BCUT2D eigenvalue weighted by Gasteiger charge is 2.08. The van der Waals surface area contributed by atoms with E-state index in [1.165, 1.54) is 0 Å². The Hall–Kier alpha value is -1.28. The molecular formula is C12H12ClNO. The number of halogens is 1. The lowest BCUT2D eigenvalue weighted by Crippen LogP contribution is -2.11. The SMILES string of the molecule is CCCc1c(Cl)[nH]c2ccccc2c1=O. The highest BCUT2D eigenvalue weighted by atomic mass is 35.5. The van der Waals surface area contributed by atoms with Crippen molar-refractivity contribution in [2.75, 3.05) is 0 Å². The van der Waals surface area contributed by atoms with E-state index in [-0.39, 0.29) is 5.43 Å². The Morgan fingerprint density at radius 2 is 2.07 bits per heavy atom. The summed E-state index contributed by atoms with van der Waals surface area (Å²) in [7, 11) is 0. The van der Waals surface area contributed by atoms with E-state index < -0.39 is 0 Å². The molecule has 0 aliphatic heterocycles. The predicted molar refractivity (Wildman–Crippen MR) is 63.6 cm³/mol. The van der Waals surface area contributed by atoms with Gasteiger partial charge in [0.1, 0.15) is 5.15 Å². The van der Waals surface area contributed by atoms with E-state index in [9.17, 15) is 4.79 Å². The monoisotopic (exact) mass is 221 g/mol. The summed E-state index contributed by atoms with van der Waals surface area (Å²) < 4.78 is 0. The molecular weight excluding hydrogens is 210 g/mol. The summed E-state index contributed by atoms with van der Waals surface area (Å²) in [5.74, 6) is 0. The number of aromatic nitrogens is 1. The standard InChI is InChI=1S/C12H12ClNO/c1-2-5-9-11(15)8-6-3-4-7-10(8)14-12(9)13/h3-4,6-7H,2,5H2,1H3,(H,14,15). The summed E-state index contributed by atoms with van der Waals surface area (Å²) in [5, 5.41) is 1.19. The molecule has 1 heterocycles. The third kappa shape index (κ3) is 1.77. The molecule has 1 aromatic heterocycles. The van der Waals surface area contributed by atoms with Gasteiger partial charge in [0.05, 0.1) is 5.52 Å². The zero-order valence-electron chi connectivity index (χ0n) is 8.51. The fraction of sp³-hybridized carbons (Fsp3) is 0.250. The van der Waals surface area contributed by atoms with Crippen LogP contribution in [0.1, 0.15) is 18.9 Å². The van der Waals surface area contributed by atoms with Gasteiger partial charge in [-0.2, -0.15) is 0 Å². The maximum atomic E-state index is 12.0. The molecule has 15 heavy (non-hydrogen) atoms. The topological polar surface area (TPSA) is 32.9 Å². The van der Waals surface area contributed by atoms with Gasteiger partial charge in [-0.3, -0.25) is 4.79 Å². The minimum absolute atomic E-state index is 0.0520. The zero-order chi connectivity index (χ0) is 10.8. The first-order valence-corrected chi connectivity index (χ1v) is 5.41. The van der Waals surface area contributed by atoms with Crippen LogP contribution in [0.4, 0.5) is 0 Å². The maximum absolute atomic E-state index is 12.0. The van der Waals surface area contributed by atoms with Crippen LogP contribution in [-0.4, -0.2) is 4.98 Å². The summed E-state index contributed by atoms with van der Waals surface area (Å²) >= 11 is 6.03. The van der Waals surface area contributed by atoms with Crippen LogP contribution >= 0.6 is 11.6 Å². The van der Waals surface area contributed by atoms with E-state index in [4.69, 9.17) is 11.6 Å². The average Bonchev–Trinajstić information content (AvgIpc) is 2.24. The fourth-order valence-corrected chi connectivity index (χ4v) is 2.00. The van der Waals surface area contributed by atoms with Crippen LogP contribution in [0.2, 0.25) is 5.15 Å². The Kier molecular flexibility index (Phi) is 2.78. The molecule has 0 saturated carbocycles. The van der Waals surface area contributed by atoms with Crippen molar-refractivity contribution < 1.29 is 0 Å². The summed E-state index contributed by atoms with van der Waals surface area (Å²) in [5.41, 5.74) is 1.54. The number of benzene rings is 1. The van der Waals surface area contributed by atoms with Gasteiger partial charge in [-0.25, -0.2) is 0 Å². The number of fused-ring (bicyclic) bond motifs is 1. The van der Waals surface area contributed by atoms with Crippen molar-refractivity contribution in [3.63, 3.8) is 0 Å². The van der Waals surface area contributed by atoms with Gasteiger partial charge in [0.25, 0.3) is 0 Å². The number of para-hydroxylation sites is 1. The Bertz CT molecular complexity index is 545. The van der Waals surface area contributed by atoms with Crippen molar-refractivity contribution >= 4 is 22.5 Å². The lowest BCUT2D eigenvalue weighted by atomic mass is 10.1. The van der Waals surface area contributed by atoms with Gasteiger partial charge in [-0.05, 0) is 18.6 Å². The minimum Gasteiger partial charge on any atom is -0.345 e. The Morgan fingerprint density at radius 1 is 1.33 bits per heavy atom. The molecule has 0 unspecified atom stereocenters. The van der Waals surface area contributed by atoms with E-state index >= 15 is 0 Å². The molecule has 2 nitrogen and oxygen atoms in total. The molecule has 1 aromatic carbocycles. The molecule has 0 aliphatic rings. The Balaban J connectivity index is 2.78. The molecule has 0 bridgehead atoms. The number of rotatable bonds is 2. The summed E-state index contributed by atoms with van der Waals surface area (Å²) in [6, 6.07) is 7.43. The van der Waals surface area contributed by atoms with Crippen molar-refractivity contribution in [1.29, 1.82) is 0 Å². The van der Waals surface area contributed by atoms with Crippen LogP contribution < -0.4 is 5.43 Å². The Labute approximate surface area is 92.9 Å². The van der Waals surface area contributed by atoms with Gasteiger partial charge in [0.15, 0.2) is 5.43 Å². The zero-order valence-corrected chi connectivity index (χ0v) is 9.27. The molecule has 3 heteroatoms. The predicted octanol–water partition coefficient (Wildman–Crippen LogP) is 3.13. The maximum Gasteiger partial charge on any atom is 0.194 e. The van der Waals surface area contributed by atoms with E-state index in [1.54, 1.807) is 0 Å². The highest BCUT2D eigenvalue weighted by molar-refractivity contribution is 6.30. The molecule has 0 aliphatic carbocycles. The van der Waals surface area contributed by atoms with Crippen molar-refractivity contribution in [1.82, 2.24) is 4.98 Å². The minimum atomic E-state index is 0.0520. The first-order valence-electron chi connectivity index (χ1n) is 5.03. The summed E-state index contributed by atoms with van der Waals surface area (Å²) in [6.45, 7) is 2.03. The van der Waals surface area contributed by atoms with E-state index in [0.717, 1.165) is 18.4 Å². The third-order valence-electron chi connectivity index (χ3n) is 2.46. The van der Waals surface area contributed by atoms with Gasteiger partial charge in [0, 0.05) is 10.9 Å². The molecule has 0 saturated heterocycles. The smallest absolute Gasteiger partial charge is 0.194 e. The molecule has 2 rings (SSSR count). The second kappa shape index (κ2) is 4.07. The summed E-state index contributed by atoms with van der Waals surface area (Å²) in [6.07, 6.45) is 1.64. The number of nitrogens with one attached hydrogen (secondary N) is 1. The number of hydrogen-bond donors (Lipinski definition) is 1. The van der Waals surface area contributed by atoms with E-state index in [0.29, 0.717) is 16.1 Å².